The van der Waals surface area contributed by atoms with Crippen LogP contribution in [0.4, 0.5) is 0 Å². The summed E-state index contributed by atoms with van der Waals surface area (Å²) < 4.78 is 3.53. The molecule has 1 fully saturated rings. The predicted octanol–water partition coefficient (Wildman–Crippen LogP) is 4.98. The zero-order valence-electron chi connectivity index (χ0n) is 22.2. The van der Waals surface area contributed by atoms with Gasteiger partial charge in [0.1, 0.15) is 6.23 Å². The van der Waals surface area contributed by atoms with Gasteiger partial charge in [0.05, 0.1) is 5.52 Å². The van der Waals surface area contributed by atoms with Gasteiger partial charge in [-0.1, -0.05) is 65.0 Å². The van der Waals surface area contributed by atoms with Crippen molar-refractivity contribution in [1.29, 1.82) is 0 Å². The first-order valence-electron chi connectivity index (χ1n) is 13.0. The van der Waals surface area contributed by atoms with Gasteiger partial charge in [-0.3, -0.25) is 14.5 Å². The van der Waals surface area contributed by atoms with Gasteiger partial charge in [0, 0.05) is 31.2 Å². The summed E-state index contributed by atoms with van der Waals surface area (Å²) >= 11 is 0. The van der Waals surface area contributed by atoms with Crippen molar-refractivity contribution in [2.24, 2.45) is 17.9 Å². The van der Waals surface area contributed by atoms with Gasteiger partial charge in [-0.25, -0.2) is 9.78 Å². The minimum atomic E-state index is -0.541. The molecule has 35 heavy (non-hydrogen) atoms. The van der Waals surface area contributed by atoms with Crippen LogP contribution in [-0.4, -0.2) is 31.5 Å². The highest BCUT2D eigenvalue weighted by atomic mass is 16.3. The first-order valence-corrected chi connectivity index (χ1v) is 13.0. The number of nitrogens with one attached hydrogen (secondary N) is 1. The van der Waals surface area contributed by atoms with Crippen LogP contribution in [0.25, 0.3) is 11.2 Å². The van der Waals surface area contributed by atoms with E-state index in [0.717, 1.165) is 42.5 Å². The fourth-order valence-electron chi connectivity index (χ4n) is 5.41. The molecule has 0 radical (unpaired) electrons. The number of aliphatic hydroxyl groups is 1. The van der Waals surface area contributed by atoms with E-state index in [2.05, 4.69) is 64.2 Å². The van der Waals surface area contributed by atoms with E-state index in [9.17, 15) is 9.90 Å². The molecule has 3 atom stereocenters. The lowest BCUT2D eigenvalue weighted by Crippen LogP contribution is -2.50. The van der Waals surface area contributed by atoms with Crippen LogP contribution in [0.5, 0.6) is 0 Å². The number of aryl methyl sites for hydroxylation is 2. The first-order chi connectivity index (χ1) is 16.4. The lowest BCUT2D eigenvalue weighted by atomic mass is 9.68. The van der Waals surface area contributed by atoms with Gasteiger partial charge < -0.3 is 5.11 Å². The summed E-state index contributed by atoms with van der Waals surface area (Å²) in [6.45, 7) is 11.7. The molecule has 190 valence electrons. The monoisotopic (exact) mass is 478 g/mol. The summed E-state index contributed by atoms with van der Waals surface area (Å²) in [5.74, 6) is 0.298. The minimum Gasteiger partial charge on any atom is -0.379 e. The Morgan fingerprint density at radius 1 is 1.17 bits per heavy atom. The molecule has 3 aromatic rings. The highest BCUT2D eigenvalue weighted by Gasteiger charge is 2.38. The molecule has 1 aromatic carbocycles. The molecule has 0 amide bonds. The van der Waals surface area contributed by atoms with Gasteiger partial charge in [-0.05, 0) is 60.6 Å². The molecular weight excluding hydrogens is 436 g/mol. The number of pyridine rings is 1. The molecule has 0 spiro atoms. The van der Waals surface area contributed by atoms with Gasteiger partial charge in [0.2, 0.25) is 0 Å². The van der Waals surface area contributed by atoms with Crippen LogP contribution in [0, 0.1) is 10.8 Å². The summed E-state index contributed by atoms with van der Waals surface area (Å²) in [5.41, 5.74) is 4.04. The van der Waals surface area contributed by atoms with Crippen molar-refractivity contribution >= 4 is 11.2 Å². The Morgan fingerprint density at radius 2 is 1.89 bits per heavy atom. The van der Waals surface area contributed by atoms with Crippen molar-refractivity contribution in [2.75, 3.05) is 0 Å². The van der Waals surface area contributed by atoms with E-state index in [1.54, 1.807) is 4.57 Å². The van der Waals surface area contributed by atoms with Crippen LogP contribution < -0.4 is 11.0 Å². The third-order valence-electron chi connectivity index (χ3n) is 7.60. The average molecular weight is 479 g/mol. The predicted molar refractivity (Wildman–Crippen MR) is 142 cm³/mol. The first kappa shape index (κ1) is 25.6. The Hall–Kier alpha value is -2.44. The number of aliphatic hydroxyl groups excluding tert-OH is 1. The number of benzene rings is 1. The zero-order valence-corrected chi connectivity index (χ0v) is 22.2. The van der Waals surface area contributed by atoms with Crippen molar-refractivity contribution in [1.82, 2.24) is 19.4 Å². The largest absolute Gasteiger partial charge is 0.379 e. The van der Waals surface area contributed by atoms with Crippen LogP contribution in [-0.2, 0) is 20.0 Å². The number of nitrogens with zero attached hydrogens (tertiary/aromatic N) is 3. The molecule has 2 aromatic heterocycles. The normalized spacial score (nSPS) is 21.3. The Kier molecular flexibility index (Phi) is 7.26. The number of rotatable bonds is 7. The maximum atomic E-state index is 12.9. The molecule has 0 saturated heterocycles. The molecule has 6 nitrogen and oxygen atoms in total. The Bertz CT molecular complexity index is 1200. The molecule has 3 unspecified atom stereocenters. The van der Waals surface area contributed by atoms with E-state index >= 15 is 0 Å². The van der Waals surface area contributed by atoms with Crippen molar-refractivity contribution < 1.29 is 5.11 Å². The number of imidazole rings is 1. The van der Waals surface area contributed by atoms with Crippen LogP contribution in [0.3, 0.4) is 0 Å². The Labute approximate surface area is 209 Å². The molecule has 2 heterocycles. The number of fused-ring (bicyclic) bond motifs is 1. The second kappa shape index (κ2) is 9.90. The maximum absolute atomic E-state index is 12.9. The third kappa shape index (κ3) is 5.87. The van der Waals surface area contributed by atoms with E-state index in [1.807, 2.05) is 29.8 Å². The quantitative estimate of drug-likeness (QED) is 0.470. The third-order valence-corrected chi connectivity index (χ3v) is 7.60. The molecule has 0 aliphatic heterocycles. The number of hydrogen-bond acceptors (Lipinski definition) is 4. The van der Waals surface area contributed by atoms with Gasteiger partial charge >= 0.3 is 5.69 Å². The lowest BCUT2D eigenvalue weighted by molar-refractivity contribution is 0.0577. The summed E-state index contributed by atoms with van der Waals surface area (Å²) in [6.07, 6.45) is 4.04. The zero-order chi connectivity index (χ0) is 25.4. The molecule has 2 N–H and O–H groups in total. The number of aromatic nitrogens is 3. The van der Waals surface area contributed by atoms with E-state index in [0.29, 0.717) is 18.9 Å². The standard InChI is InChI=1S/C29H42N4O2/c1-28(2,3)19-33-23-14-13-22(30-26(23)32(6)27(33)35)21-16-17-29(4,5)24(18-21)31-25(34)15-12-20-10-8-7-9-11-20/h7-11,13-14,21,24-25,31,34H,12,15-19H2,1-6H3. The van der Waals surface area contributed by atoms with E-state index in [1.165, 1.54) is 5.56 Å². The van der Waals surface area contributed by atoms with Crippen LogP contribution >= 0.6 is 0 Å². The second-order valence-electron chi connectivity index (χ2n) is 12.3. The van der Waals surface area contributed by atoms with E-state index in [-0.39, 0.29) is 22.6 Å². The van der Waals surface area contributed by atoms with Gasteiger partial charge in [-0.2, -0.15) is 0 Å². The van der Waals surface area contributed by atoms with E-state index < -0.39 is 6.23 Å². The molecule has 4 rings (SSSR count). The molecule has 1 saturated carbocycles. The fraction of sp³-hybridized carbons (Fsp3) is 0.586. The molecule has 1 aliphatic rings. The Morgan fingerprint density at radius 3 is 2.57 bits per heavy atom. The van der Waals surface area contributed by atoms with Crippen molar-refractivity contribution in [2.45, 2.75) is 91.5 Å². The summed E-state index contributed by atoms with van der Waals surface area (Å²) in [4.78, 5) is 17.9. The number of hydrogen-bond donors (Lipinski definition) is 2. The summed E-state index contributed by atoms with van der Waals surface area (Å²) in [5, 5.41) is 14.3. The smallest absolute Gasteiger partial charge is 0.330 e. The highest BCUT2D eigenvalue weighted by molar-refractivity contribution is 5.72. The van der Waals surface area contributed by atoms with Gasteiger partial charge in [0.15, 0.2) is 5.65 Å². The van der Waals surface area contributed by atoms with Crippen LogP contribution in [0.15, 0.2) is 47.3 Å². The second-order valence-corrected chi connectivity index (χ2v) is 12.3. The Balaban J connectivity index is 1.50. The molecule has 0 bridgehead atoms. The molecule has 1 aliphatic carbocycles. The van der Waals surface area contributed by atoms with E-state index in [4.69, 9.17) is 4.98 Å². The lowest BCUT2D eigenvalue weighted by Gasteiger charge is -2.43. The van der Waals surface area contributed by atoms with Crippen molar-refractivity contribution in [3.63, 3.8) is 0 Å². The summed E-state index contributed by atoms with van der Waals surface area (Å²) in [6, 6.07) is 14.7. The topological polar surface area (TPSA) is 72.1 Å². The SMILES string of the molecule is Cn1c(=O)n(CC(C)(C)C)c2ccc(C3CCC(C)(C)C(NC(O)CCc4ccccc4)C3)nc21. The fourth-order valence-corrected chi connectivity index (χ4v) is 5.41. The highest BCUT2D eigenvalue weighted by Crippen LogP contribution is 2.42. The van der Waals surface area contributed by atoms with Gasteiger partial charge in [0.25, 0.3) is 0 Å². The summed E-state index contributed by atoms with van der Waals surface area (Å²) in [7, 11) is 1.82. The average Bonchev–Trinajstić information content (AvgIpc) is 3.03. The maximum Gasteiger partial charge on any atom is 0.330 e. The molecule has 6 heteroatoms. The molecular formula is C29H42N4O2. The van der Waals surface area contributed by atoms with Crippen LogP contribution in [0.2, 0.25) is 0 Å². The van der Waals surface area contributed by atoms with Gasteiger partial charge in [-0.15, -0.1) is 0 Å². The van der Waals surface area contributed by atoms with Crippen LogP contribution in [0.1, 0.15) is 77.5 Å². The van der Waals surface area contributed by atoms with Crippen molar-refractivity contribution in [3.8, 4) is 0 Å². The minimum absolute atomic E-state index is 0.00592. The van der Waals surface area contributed by atoms with Crippen molar-refractivity contribution in [3.05, 3.63) is 64.2 Å².